The highest BCUT2D eigenvalue weighted by Crippen LogP contribution is 2.39. The number of amidine groups is 1. The fraction of sp³-hybridized carbons (Fsp3) is 0.487. The van der Waals surface area contributed by atoms with Gasteiger partial charge in [-0.15, -0.1) is 5.10 Å². The van der Waals surface area contributed by atoms with Crippen LogP contribution in [0.1, 0.15) is 80.1 Å². The Morgan fingerprint density at radius 3 is 2.24 bits per heavy atom. The molecule has 1 unspecified atom stereocenters. The summed E-state index contributed by atoms with van der Waals surface area (Å²) >= 11 is 0. The molecule has 0 radical (unpaired) electrons. The summed E-state index contributed by atoms with van der Waals surface area (Å²) in [5.41, 5.74) is 2.44. The van der Waals surface area contributed by atoms with Crippen molar-refractivity contribution in [2.24, 2.45) is 16.4 Å². The maximum atomic E-state index is 14.1. The largest absolute Gasteiger partial charge is 0.439 e. The molecule has 270 valence electrons. The van der Waals surface area contributed by atoms with E-state index in [1.165, 1.54) is 9.91 Å². The number of amides is 3. The number of likely N-dealkylation sites (N-methyl/N-ethyl adjacent to an activating group) is 1. The number of nitrogens with zero attached hydrogens (tertiary/aromatic N) is 5. The van der Waals surface area contributed by atoms with Crippen molar-refractivity contribution in [2.45, 2.75) is 80.1 Å². The van der Waals surface area contributed by atoms with Crippen LogP contribution in [-0.4, -0.2) is 71.5 Å². The molecule has 4 rings (SSSR count). The van der Waals surface area contributed by atoms with Gasteiger partial charge in [-0.25, -0.2) is 0 Å². The Balaban J connectivity index is 1.66. The zero-order chi connectivity index (χ0) is 36.4. The Morgan fingerprint density at radius 1 is 0.960 bits per heavy atom. The van der Waals surface area contributed by atoms with E-state index in [1.807, 2.05) is 24.3 Å². The standard InChI is InChI=1S/C39H53N5O6/c1-7-9-23-43-32-12-10-11-13-33(32)50-36(43)19-18-31-37(41(8-2)34(47)21-25-45)40-44(38(31)49)30-16-14-29(15-17-30)42(35(48)22-26-46)24-20-28(3)27-39(4,5)6/h10-19,28,45-46H,7-9,20-27H2,1-6H3/b31-18-,36-19-. The smallest absolute Gasteiger partial charge is 0.282 e. The summed E-state index contributed by atoms with van der Waals surface area (Å²) in [5.74, 6) is 0.905. The van der Waals surface area contributed by atoms with Gasteiger partial charge < -0.3 is 24.7 Å². The molecular formula is C39H53N5O6. The Bertz CT molecular complexity index is 1590. The molecule has 0 saturated carbocycles. The molecule has 11 heteroatoms. The third-order valence-corrected chi connectivity index (χ3v) is 8.66. The van der Waals surface area contributed by atoms with Gasteiger partial charge in [0.15, 0.2) is 11.6 Å². The van der Waals surface area contributed by atoms with E-state index in [4.69, 9.17) is 4.74 Å². The SMILES string of the molecule is CCCCN1/C(=C/C=C2\C(=O)N(c3ccc(N(CCC(C)CC(C)(C)C)C(=O)CCO)cc3)N=C2N(CC)C(=O)CCO)Oc2ccccc21. The molecule has 0 aliphatic carbocycles. The fourth-order valence-corrected chi connectivity index (χ4v) is 6.38. The van der Waals surface area contributed by atoms with Crippen molar-refractivity contribution in [1.29, 1.82) is 0 Å². The highest BCUT2D eigenvalue weighted by molar-refractivity contribution is 6.32. The second-order valence-corrected chi connectivity index (χ2v) is 14.0. The Kier molecular flexibility index (Phi) is 13.4. The lowest BCUT2D eigenvalue weighted by molar-refractivity contribution is -0.127. The molecule has 0 bridgehead atoms. The molecule has 0 aromatic heterocycles. The van der Waals surface area contributed by atoms with Crippen molar-refractivity contribution in [3.63, 3.8) is 0 Å². The minimum atomic E-state index is -0.431. The number of hydrogen-bond acceptors (Lipinski definition) is 8. The van der Waals surface area contributed by atoms with Crippen molar-refractivity contribution in [3.8, 4) is 5.75 Å². The summed E-state index contributed by atoms with van der Waals surface area (Å²) in [6, 6.07) is 14.8. The first-order valence-electron chi connectivity index (χ1n) is 17.7. The van der Waals surface area contributed by atoms with E-state index in [0.29, 0.717) is 29.7 Å². The van der Waals surface area contributed by atoms with Crippen molar-refractivity contribution in [1.82, 2.24) is 4.90 Å². The third kappa shape index (κ3) is 9.39. The van der Waals surface area contributed by atoms with E-state index in [2.05, 4.69) is 44.6 Å². The topological polar surface area (TPSA) is 126 Å². The average molecular weight is 688 g/mol. The van der Waals surface area contributed by atoms with Gasteiger partial charge >= 0.3 is 0 Å². The molecule has 2 heterocycles. The number of para-hydroxylation sites is 2. The fourth-order valence-electron chi connectivity index (χ4n) is 6.38. The van der Waals surface area contributed by atoms with Crippen molar-refractivity contribution < 1.29 is 29.3 Å². The van der Waals surface area contributed by atoms with Gasteiger partial charge in [0.2, 0.25) is 17.7 Å². The van der Waals surface area contributed by atoms with Crippen molar-refractivity contribution in [3.05, 3.63) is 72.1 Å². The predicted octanol–water partition coefficient (Wildman–Crippen LogP) is 6.22. The molecule has 50 heavy (non-hydrogen) atoms. The van der Waals surface area contributed by atoms with Crippen LogP contribution >= 0.6 is 0 Å². The highest BCUT2D eigenvalue weighted by Gasteiger charge is 2.36. The van der Waals surface area contributed by atoms with Crippen LogP contribution in [0.3, 0.4) is 0 Å². The number of carbonyl (C=O) groups is 3. The first-order valence-corrected chi connectivity index (χ1v) is 17.7. The number of allylic oxidation sites excluding steroid dienone is 2. The lowest BCUT2D eigenvalue weighted by Gasteiger charge is -2.27. The summed E-state index contributed by atoms with van der Waals surface area (Å²) in [7, 11) is 0. The summed E-state index contributed by atoms with van der Waals surface area (Å²) in [6.07, 6.45) is 7.04. The monoisotopic (exact) mass is 687 g/mol. The quantitative estimate of drug-likeness (QED) is 0.213. The van der Waals surface area contributed by atoms with Crippen LogP contribution in [0.25, 0.3) is 0 Å². The molecule has 11 nitrogen and oxygen atoms in total. The number of aliphatic hydroxyl groups excluding tert-OH is 2. The number of rotatable bonds is 15. The van der Waals surface area contributed by atoms with Gasteiger partial charge in [0.1, 0.15) is 0 Å². The Morgan fingerprint density at radius 2 is 1.62 bits per heavy atom. The summed E-state index contributed by atoms with van der Waals surface area (Å²) in [6.45, 7) is 13.6. The van der Waals surface area contributed by atoms with E-state index in [1.54, 1.807) is 48.2 Å². The Hall–Kier alpha value is -4.48. The molecule has 2 aromatic rings. The molecule has 0 spiro atoms. The van der Waals surface area contributed by atoms with Gasteiger partial charge in [-0.05, 0) is 86.1 Å². The molecule has 1 atom stereocenters. The highest BCUT2D eigenvalue weighted by atomic mass is 16.5. The van der Waals surface area contributed by atoms with Gasteiger partial charge in [-0.3, -0.25) is 19.3 Å². The van der Waals surface area contributed by atoms with E-state index in [-0.39, 0.29) is 61.2 Å². The summed E-state index contributed by atoms with van der Waals surface area (Å²) in [5, 5.41) is 24.9. The second-order valence-electron chi connectivity index (χ2n) is 14.0. The molecule has 0 fully saturated rings. The molecule has 2 aliphatic heterocycles. The van der Waals surface area contributed by atoms with Gasteiger partial charge in [-0.1, -0.05) is 53.2 Å². The minimum absolute atomic E-state index is 0.0106. The lowest BCUT2D eigenvalue weighted by atomic mass is 9.84. The Labute approximate surface area is 296 Å². The van der Waals surface area contributed by atoms with E-state index >= 15 is 0 Å². The predicted molar refractivity (Wildman–Crippen MR) is 198 cm³/mol. The molecule has 2 aromatic carbocycles. The van der Waals surface area contributed by atoms with Gasteiger partial charge in [0, 0.05) is 25.3 Å². The zero-order valence-corrected chi connectivity index (χ0v) is 30.4. The molecule has 2 N–H and O–H groups in total. The third-order valence-electron chi connectivity index (χ3n) is 8.66. The maximum absolute atomic E-state index is 14.1. The van der Waals surface area contributed by atoms with Crippen LogP contribution in [-0.2, 0) is 14.4 Å². The summed E-state index contributed by atoms with van der Waals surface area (Å²) < 4.78 is 6.18. The number of hydrazone groups is 1. The number of fused-ring (bicyclic) bond motifs is 1. The van der Waals surface area contributed by atoms with Gasteiger partial charge in [-0.2, -0.15) is 5.01 Å². The van der Waals surface area contributed by atoms with Crippen LogP contribution in [0.2, 0.25) is 0 Å². The number of aliphatic hydroxyl groups is 2. The summed E-state index contributed by atoms with van der Waals surface area (Å²) in [4.78, 5) is 45.4. The first kappa shape index (κ1) is 38.3. The number of unbranched alkanes of at least 4 members (excludes halogenated alkanes) is 1. The molecular weight excluding hydrogens is 634 g/mol. The molecule has 2 aliphatic rings. The molecule has 0 saturated heterocycles. The van der Waals surface area contributed by atoms with Gasteiger partial charge in [0.25, 0.3) is 5.91 Å². The van der Waals surface area contributed by atoms with Gasteiger partial charge in [0.05, 0.1) is 43.0 Å². The van der Waals surface area contributed by atoms with Crippen molar-refractivity contribution >= 4 is 40.6 Å². The van der Waals surface area contributed by atoms with E-state index < -0.39 is 5.91 Å². The van der Waals surface area contributed by atoms with Crippen LogP contribution < -0.4 is 19.5 Å². The van der Waals surface area contributed by atoms with Crippen LogP contribution in [0.5, 0.6) is 5.75 Å². The van der Waals surface area contributed by atoms with E-state index in [9.17, 15) is 24.6 Å². The number of ether oxygens (including phenoxy) is 1. The van der Waals surface area contributed by atoms with Crippen LogP contribution in [0.4, 0.5) is 17.1 Å². The maximum Gasteiger partial charge on any atom is 0.282 e. The van der Waals surface area contributed by atoms with E-state index in [0.717, 1.165) is 43.7 Å². The minimum Gasteiger partial charge on any atom is -0.439 e. The number of carbonyl (C=O) groups excluding carboxylic acids is 3. The normalized spacial score (nSPS) is 16.5. The average Bonchev–Trinajstić information content (AvgIpc) is 3.59. The first-order chi connectivity index (χ1) is 23.9. The molecule has 3 amide bonds. The number of hydrogen-bond donors (Lipinski definition) is 2. The van der Waals surface area contributed by atoms with Crippen LogP contribution in [0.15, 0.2) is 77.2 Å². The second kappa shape index (κ2) is 17.4. The van der Waals surface area contributed by atoms with Crippen LogP contribution in [0, 0.1) is 11.3 Å². The zero-order valence-electron chi connectivity index (χ0n) is 30.4. The number of anilines is 3. The van der Waals surface area contributed by atoms with Crippen molar-refractivity contribution in [2.75, 3.05) is 47.7 Å². The lowest BCUT2D eigenvalue weighted by Crippen LogP contribution is -2.37. The number of benzene rings is 2.